The van der Waals surface area contributed by atoms with Gasteiger partial charge in [-0.1, -0.05) is 5.16 Å². The van der Waals surface area contributed by atoms with Crippen LogP contribution in [0.4, 0.5) is 0 Å². The van der Waals surface area contributed by atoms with Crippen molar-refractivity contribution in [3.05, 3.63) is 0 Å². The van der Waals surface area contributed by atoms with Crippen LogP contribution in [0.5, 0.6) is 0 Å². The summed E-state index contributed by atoms with van der Waals surface area (Å²) in [5.74, 6) is -1.22. The Bertz CT molecular complexity index is 295. The smallest absolute Gasteiger partial charge is 0.324 e. The van der Waals surface area contributed by atoms with E-state index in [1.807, 2.05) is 0 Å². The first-order valence-corrected chi connectivity index (χ1v) is 5.15. The lowest BCUT2D eigenvalue weighted by Crippen LogP contribution is -2.52. The molecular formula is C10H15NO5. The minimum atomic E-state index is -1.30. The van der Waals surface area contributed by atoms with Gasteiger partial charge in [0.1, 0.15) is 0 Å². The lowest BCUT2D eigenvalue weighted by atomic mass is 9.67. The quantitative estimate of drug-likeness (QED) is 0.332. The Balaban J connectivity index is 2.79. The largest absolute Gasteiger partial charge is 0.465 e. The molecule has 0 heterocycles. The first-order chi connectivity index (χ1) is 7.60. The van der Waals surface area contributed by atoms with Crippen LogP contribution >= 0.6 is 0 Å². The topological polar surface area (TPSA) is 85.2 Å². The molecule has 1 N–H and O–H groups in total. The summed E-state index contributed by atoms with van der Waals surface area (Å²) in [6.45, 7) is 3.73. The van der Waals surface area contributed by atoms with Gasteiger partial charge in [-0.05, 0) is 13.8 Å². The number of carbonyl (C=O) groups is 2. The van der Waals surface area contributed by atoms with E-state index in [1.54, 1.807) is 13.8 Å². The van der Waals surface area contributed by atoms with E-state index in [2.05, 4.69) is 5.16 Å². The third-order valence-corrected chi connectivity index (χ3v) is 2.49. The van der Waals surface area contributed by atoms with E-state index in [1.165, 1.54) is 0 Å². The van der Waals surface area contributed by atoms with Crippen LogP contribution in [0.2, 0.25) is 0 Å². The fourth-order valence-corrected chi connectivity index (χ4v) is 1.63. The predicted octanol–water partition coefficient (Wildman–Crippen LogP) is 0.723. The molecule has 1 fully saturated rings. The molecule has 6 heteroatoms. The van der Waals surface area contributed by atoms with Gasteiger partial charge in [0.15, 0.2) is 5.41 Å². The van der Waals surface area contributed by atoms with E-state index < -0.39 is 17.4 Å². The highest BCUT2D eigenvalue weighted by atomic mass is 16.6. The predicted molar refractivity (Wildman–Crippen MR) is 54.2 cm³/mol. The Hall–Kier alpha value is -1.59. The molecule has 1 aliphatic rings. The fraction of sp³-hybridized carbons (Fsp3) is 0.700. The van der Waals surface area contributed by atoms with Crippen molar-refractivity contribution in [3.63, 3.8) is 0 Å². The number of carbonyl (C=O) groups excluding carboxylic acids is 2. The second-order valence-electron chi connectivity index (χ2n) is 3.54. The number of ether oxygens (including phenoxy) is 2. The Morgan fingerprint density at radius 3 is 2.00 bits per heavy atom. The van der Waals surface area contributed by atoms with Gasteiger partial charge >= 0.3 is 11.9 Å². The Morgan fingerprint density at radius 1 is 1.25 bits per heavy atom. The van der Waals surface area contributed by atoms with Crippen molar-refractivity contribution in [3.8, 4) is 0 Å². The average Bonchev–Trinajstić information content (AvgIpc) is 2.17. The molecule has 6 nitrogen and oxygen atoms in total. The molecule has 0 unspecified atom stereocenters. The van der Waals surface area contributed by atoms with Crippen LogP contribution in [0.3, 0.4) is 0 Å². The first kappa shape index (κ1) is 12.5. The molecule has 16 heavy (non-hydrogen) atoms. The van der Waals surface area contributed by atoms with Crippen molar-refractivity contribution in [2.45, 2.75) is 26.7 Å². The van der Waals surface area contributed by atoms with Crippen LogP contribution in [-0.4, -0.2) is 36.1 Å². The van der Waals surface area contributed by atoms with Crippen molar-refractivity contribution in [1.29, 1.82) is 0 Å². The number of oxime groups is 1. The summed E-state index contributed by atoms with van der Waals surface area (Å²) < 4.78 is 9.67. The molecule has 0 aromatic heterocycles. The van der Waals surface area contributed by atoms with Gasteiger partial charge in [-0.25, -0.2) is 0 Å². The highest BCUT2D eigenvalue weighted by Gasteiger charge is 2.57. The van der Waals surface area contributed by atoms with Crippen molar-refractivity contribution in [2.75, 3.05) is 13.2 Å². The Morgan fingerprint density at radius 2 is 1.69 bits per heavy atom. The van der Waals surface area contributed by atoms with Gasteiger partial charge in [-0.2, -0.15) is 0 Å². The summed E-state index contributed by atoms with van der Waals surface area (Å²) in [6.07, 6.45) is 0.141. The molecule has 0 radical (unpaired) electrons. The molecule has 0 spiro atoms. The maximum atomic E-state index is 11.7. The SMILES string of the molecule is CCOC(=O)C1(C(=O)OCC)CC(=NO)C1. The maximum absolute atomic E-state index is 11.7. The molecule has 0 amide bonds. The normalized spacial score (nSPS) is 17.2. The van der Waals surface area contributed by atoms with E-state index in [4.69, 9.17) is 14.7 Å². The summed E-state index contributed by atoms with van der Waals surface area (Å²) in [6, 6.07) is 0. The molecule has 0 saturated heterocycles. The number of rotatable bonds is 4. The number of esters is 2. The summed E-state index contributed by atoms with van der Waals surface area (Å²) in [7, 11) is 0. The second-order valence-corrected chi connectivity index (χ2v) is 3.54. The monoisotopic (exact) mass is 229 g/mol. The van der Waals surface area contributed by atoms with Crippen molar-refractivity contribution in [1.82, 2.24) is 0 Å². The molecule has 0 aliphatic heterocycles. The van der Waals surface area contributed by atoms with Gasteiger partial charge in [-0.15, -0.1) is 0 Å². The zero-order valence-corrected chi connectivity index (χ0v) is 9.36. The highest BCUT2D eigenvalue weighted by Crippen LogP contribution is 2.41. The molecule has 0 bridgehead atoms. The fourth-order valence-electron chi connectivity index (χ4n) is 1.63. The Kier molecular flexibility index (Phi) is 3.87. The first-order valence-electron chi connectivity index (χ1n) is 5.15. The van der Waals surface area contributed by atoms with Crippen molar-refractivity contribution in [2.24, 2.45) is 10.6 Å². The zero-order chi connectivity index (χ0) is 12.2. The zero-order valence-electron chi connectivity index (χ0n) is 9.36. The summed E-state index contributed by atoms with van der Waals surface area (Å²) >= 11 is 0. The lowest BCUT2D eigenvalue weighted by molar-refractivity contribution is -0.173. The van der Waals surface area contributed by atoms with Crippen LogP contribution in [0.1, 0.15) is 26.7 Å². The van der Waals surface area contributed by atoms with E-state index in [9.17, 15) is 9.59 Å². The summed E-state index contributed by atoms with van der Waals surface area (Å²) in [5.41, 5.74) is -0.894. The van der Waals surface area contributed by atoms with Gasteiger partial charge in [0.2, 0.25) is 0 Å². The number of hydrogen-bond donors (Lipinski definition) is 1. The molecule has 1 aliphatic carbocycles. The van der Waals surface area contributed by atoms with E-state index >= 15 is 0 Å². The van der Waals surface area contributed by atoms with E-state index in [0.29, 0.717) is 5.71 Å². The molecule has 90 valence electrons. The molecule has 1 rings (SSSR count). The lowest BCUT2D eigenvalue weighted by Gasteiger charge is -2.36. The minimum absolute atomic E-state index is 0.0706. The van der Waals surface area contributed by atoms with Crippen molar-refractivity contribution < 1.29 is 24.3 Å². The summed E-state index contributed by atoms with van der Waals surface area (Å²) in [4.78, 5) is 23.3. The minimum Gasteiger partial charge on any atom is -0.465 e. The van der Waals surface area contributed by atoms with Gasteiger partial charge in [0.05, 0.1) is 18.9 Å². The molecule has 0 aromatic rings. The van der Waals surface area contributed by atoms with Crippen LogP contribution in [-0.2, 0) is 19.1 Å². The number of nitrogens with zero attached hydrogens (tertiary/aromatic N) is 1. The van der Waals surface area contributed by atoms with Crippen LogP contribution < -0.4 is 0 Å². The van der Waals surface area contributed by atoms with Crippen LogP contribution in [0, 0.1) is 5.41 Å². The van der Waals surface area contributed by atoms with Crippen LogP contribution in [0.25, 0.3) is 0 Å². The molecule has 0 aromatic carbocycles. The van der Waals surface area contributed by atoms with Gasteiger partial charge in [0, 0.05) is 12.8 Å². The third kappa shape index (κ3) is 2.00. The average molecular weight is 229 g/mol. The standard InChI is InChI=1S/C10H15NO5/c1-3-15-8(12)10(9(13)16-4-2)5-7(6-10)11-14/h14H,3-6H2,1-2H3. The number of hydrogen-bond acceptors (Lipinski definition) is 6. The third-order valence-electron chi connectivity index (χ3n) is 2.49. The Labute approximate surface area is 93.2 Å². The van der Waals surface area contributed by atoms with Gasteiger partial charge in [-0.3, -0.25) is 9.59 Å². The van der Waals surface area contributed by atoms with E-state index in [-0.39, 0.29) is 26.1 Å². The van der Waals surface area contributed by atoms with Crippen molar-refractivity contribution >= 4 is 17.7 Å². The van der Waals surface area contributed by atoms with E-state index in [0.717, 1.165) is 0 Å². The second kappa shape index (κ2) is 4.96. The highest BCUT2D eigenvalue weighted by molar-refractivity contribution is 6.13. The summed E-state index contributed by atoms with van der Waals surface area (Å²) in [5, 5.41) is 11.5. The van der Waals surface area contributed by atoms with Crippen LogP contribution in [0.15, 0.2) is 5.16 Å². The van der Waals surface area contributed by atoms with Gasteiger partial charge < -0.3 is 14.7 Å². The maximum Gasteiger partial charge on any atom is 0.324 e. The molecule has 1 saturated carbocycles. The molecule has 0 atom stereocenters. The van der Waals surface area contributed by atoms with Gasteiger partial charge in [0.25, 0.3) is 0 Å². The molecular weight excluding hydrogens is 214 g/mol.